The molecule has 0 aromatic heterocycles. The van der Waals surface area contributed by atoms with Gasteiger partial charge in [0.1, 0.15) is 5.75 Å². The Hall–Kier alpha value is -3.60. The molecule has 5 nitrogen and oxygen atoms in total. The zero-order valence-corrected chi connectivity index (χ0v) is 18.5. The summed E-state index contributed by atoms with van der Waals surface area (Å²) in [6, 6.07) is 24.5. The molecule has 2 N–H and O–H groups in total. The third-order valence-electron chi connectivity index (χ3n) is 5.03. The number of amides is 2. The highest BCUT2D eigenvalue weighted by atomic mass is 16.5. The predicted molar refractivity (Wildman–Crippen MR) is 129 cm³/mol. The topological polar surface area (TPSA) is 67.4 Å². The molecular formula is C27H30N2O3. The van der Waals surface area contributed by atoms with E-state index in [1.54, 1.807) is 30.3 Å². The lowest BCUT2D eigenvalue weighted by molar-refractivity contribution is -0.116. The third-order valence-corrected chi connectivity index (χ3v) is 5.03. The van der Waals surface area contributed by atoms with E-state index in [0.717, 1.165) is 25.7 Å². The summed E-state index contributed by atoms with van der Waals surface area (Å²) in [5.74, 6) is 0.270. The molecule has 0 saturated carbocycles. The zero-order chi connectivity index (χ0) is 22.6. The molecular weight excluding hydrogens is 400 g/mol. The summed E-state index contributed by atoms with van der Waals surface area (Å²) in [4.78, 5) is 25.0. The number of rotatable bonds is 11. The van der Waals surface area contributed by atoms with E-state index in [1.807, 2.05) is 36.4 Å². The summed E-state index contributed by atoms with van der Waals surface area (Å²) in [6.45, 7) is 2.59. The quantitative estimate of drug-likeness (QED) is 0.362. The highest BCUT2D eigenvalue weighted by molar-refractivity contribution is 6.06. The van der Waals surface area contributed by atoms with Crippen LogP contribution < -0.4 is 15.4 Å². The van der Waals surface area contributed by atoms with Gasteiger partial charge in [-0.15, -0.1) is 0 Å². The molecule has 3 aromatic carbocycles. The summed E-state index contributed by atoms with van der Waals surface area (Å²) in [6.07, 6.45) is 4.25. The van der Waals surface area contributed by atoms with Crippen molar-refractivity contribution in [3.8, 4) is 5.75 Å². The van der Waals surface area contributed by atoms with Gasteiger partial charge in [0.15, 0.2) is 0 Å². The molecule has 2 amide bonds. The Bertz CT molecular complexity index is 1020. The summed E-state index contributed by atoms with van der Waals surface area (Å²) in [7, 11) is 0. The number of carbonyl (C=O) groups is 2. The lowest BCUT2D eigenvalue weighted by Crippen LogP contribution is -2.15. The summed E-state index contributed by atoms with van der Waals surface area (Å²) < 4.78 is 5.91. The lowest BCUT2D eigenvalue weighted by atomic mass is 10.1. The van der Waals surface area contributed by atoms with Gasteiger partial charge in [-0.05, 0) is 42.3 Å². The van der Waals surface area contributed by atoms with E-state index in [4.69, 9.17) is 4.74 Å². The average molecular weight is 431 g/mol. The molecule has 0 radical (unpaired) electrons. The normalized spacial score (nSPS) is 10.4. The Morgan fingerprint density at radius 2 is 1.53 bits per heavy atom. The lowest BCUT2D eigenvalue weighted by Gasteiger charge is -2.13. The van der Waals surface area contributed by atoms with Crippen molar-refractivity contribution in [1.82, 2.24) is 0 Å². The molecule has 0 fully saturated rings. The first-order valence-corrected chi connectivity index (χ1v) is 11.1. The van der Waals surface area contributed by atoms with Crippen LogP contribution in [0.3, 0.4) is 0 Å². The Morgan fingerprint density at radius 1 is 0.812 bits per heavy atom. The highest BCUT2D eigenvalue weighted by Crippen LogP contribution is 2.22. The molecule has 0 atom stereocenters. The van der Waals surface area contributed by atoms with E-state index < -0.39 is 0 Å². The Labute approximate surface area is 189 Å². The molecule has 0 bridgehead atoms. The van der Waals surface area contributed by atoms with Gasteiger partial charge in [0, 0.05) is 24.2 Å². The van der Waals surface area contributed by atoms with Crippen molar-refractivity contribution >= 4 is 23.2 Å². The molecule has 0 aliphatic carbocycles. The average Bonchev–Trinajstić information content (AvgIpc) is 2.80. The summed E-state index contributed by atoms with van der Waals surface area (Å²) in [5, 5.41) is 5.80. The van der Waals surface area contributed by atoms with Gasteiger partial charge in [0.25, 0.3) is 5.91 Å². The van der Waals surface area contributed by atoms with Crippen molar-refractivity contribution in [2.75, 3.05) is 17.2 Å². The predicted octanol–water partition coefficient (Wildman–Crippen LogP) is 6.08. The molecule has 0 unspecified atom stereocenters. The molecule has 0 aliphatic rings. The van der Waals surface area contributed by atoms with Gasteiger partial charge in [-0.3, -0.25) is 9.59 Å². The first kappa shape index (κ1) is 23.1. The molecule has 5 heteroatoms. The van der Waals surface area contributed by atoms with Crippen molar-refractivity contribution in [2.45, 2.75) is 39.0 Å². The number of hydrogen-bond donors (Lipinski definition) is 2. The van der Waals surface area contributed by atoms with Gasteiger partial charge in [0.05, 0.1) is 12.2 Å². The molecule has 166 valence electrons. The third kappa shape index (κ3) is 7.27. The minimum atomic E-state index is -0.258. The van der Waals surface area contributed by atoms with Crippen LogP contribution in [0.15, 0.2) is 78.9 Å². The van der Waals surface area contributed by atoms with Gasteiger partial charge in [-0.25, -0.2) is 0 Å². The molecule has 0 aliphatic heterocycles. The standard InChI is InChI=1S/C27H30N2O3/c1-2-3-5-17-26(30)28-22-13-10-14-23(20-22)29-27(31)24-15-8-9-16-25(24)32-19-18-21-11-6-4-7-12-21/h4,6-16,20H,2-3,5,17-19H2,1H3,(H,28,30)(H,29,31). The van der Waals surface area contributed by atoms with Gasteiger partial charge < -0.3 is 15.4 Å². The Morgan fingerprint density at radius 3 is 2.31 bits per heavy atom. The van der Waals surface area contributed by atoms with Crippen molar-refractivity contribution in [3.05, 3.63) is 90.0 Å². The maximum Gasteiger partial charge on any atom is 0.259 e. The SMILES string of the molecule is CCCCCC(=O)Nc1cccc(NC(=O)c2ccccc2OCCc2ccccc2)c1. The van der Waals surface area contributed by atoms with E-state index in [2.05, 4.69) is 29.7 Å². The fourth-order valence-corrected chi connectivity index (χ4v) is 3.34. The van der Waals surface area contributed by atoms with Crippen LogP contribution in [0.5, 0.6) is 5.75 Å². The number of unbranched alkanes of at least 4 members (excludes halogenated alkanes) is 2. The number of anilines is 2. The first-order valence-electron chi connectivity index (χ1n) is 11.1. The molecule has 3 aromatic rings. The second kappa shape index (κ2) is 12.3. The highest BCUT2D eigenvalue weighted by Gasteiger charge is 2.13. The fraction of sp³-hybridized carbons (Fsp3) is 0.259. The maximum absolute atomic E-state index is 12.9. The van der Waals surface area contributed by atoms with E-state index in [9.17, 15) is 9.59 Å². The van der Waals surface area contributed by atoms with E-state index in [1.165, 1.54) is 5.56 Å². The molecule has 32 heavy (non-hydrogen) atoms. The van der Waals surface area contributed by atoms with Crippen LogP contribution in [0.1, 0.15) is 48.5 Å². The van der Waals surface area contributed by atoms with Crippen LogP contribution in [0.25, 0.3) is 0 Å². The second-order valence-electron chi connectivity index (χ2n) is 7.62. The van der Waals surface area contributed by atoms with Crippen LogP contribution in [0.4, 0.5) is 11.4 Å². The van der Waals surface area contributed by atoms with Gasteiger partial charge >= 0.3 is 0 Å². The number of ether oxygens (including phenoxy) is 1. The number of benzene rings is 3. The first-order chi connectivity index (χ1) is 15.7. The summed E-state index contributed by atoms with van der Waals surface area (Å²) in [5.41, 5.74) is 2.93. The van der Waals surface area contributed by atoms with Gasteiger partial charge in [0.2, 0.25) is 5.91 Å². The van der Waals surface area contributed by atoms with Gasteiger partial charge in [-0.2, -0.15) is 0 Å². The molecule has 0 spiro atoms. The van der Waals surface area contributed by atoms with Crippen LogP contribution in [-0.2, 0) is 11.2 Å². The molecule has 0 saturated heterocycles. The Balaban J connectivity index is 1.59. The minimum absolute atomic E-state index is 0.0147. The maximum atomic E-state index is 12.9. The second-order valence-corrected chi connectivity index (χ2v) is 7.62. The van der Waals surface area contributed by atoms with Crippen molar-refractivity contribution < 1.29 is 14.3 Å². The smallest absolute Gasteiger partial charge is 0.259 e. The van der Waals surface area contributed by atoms with Crippen molar-refractivity contribution in [2.24, 2.45) is 0 Å². The Kier molecular flexibility index (Phi) is 8.87. The van der Waals surface area contributed by atoms with Crippen molar-refractivity contribution in [3.63, 3.8) is 0 Å². The minimum Gasteiger partial charge on any atom is -0.492 e. The number of nitrogens with one attached hydrogen (secondary N) is 2. The largest absolute Gasteiger partial charge is 0.492 e. The molecule has 0 heterocycles. The zero-order valence-electron chi connectivity index (χ0n) is 18.5. The van der Waals surface area contributed by atoms with Gasteiger partial charge in [-0.1, -0.05) is 68.3 Å². The van der Waals surface area contributed by atoms with Crippen LogP contribution in [0, 0.1) is 0 Å². The van der Waals surface area contributed by atoms with E-state index >= 15 is 0 Å². The monoisotopic (exact) mass is 430 g/mol. The van der Waals surface area contributed by atoms with Crippen LogP contribution >= 0.6 is 0 Å². The number of carbonyl (C=O) groups excluding carboxylic acids is 2. The molecule has 3 rings (SSSR count). The fourth-order valence-electron chi connectivity index (χ4n) is 3.34. The van der Waals surface area contributed by atoms with Crippen molar-refractivity contribution in [1.29, 1.82) is 0 Å². The number of hydrogen-bond acceptors (Lipinski definition) is 3. The van der Waals surface area contributed by atoms with E-state index in [0.29, 0.717) is 35.7 Å². The van der Waals surface area contributed by atoms with Crippen LogP contribution in [0.2, 0.25) is 0 Å². The summed E-state index contributed by atoms with van der Waals surface area (Å²) >= 11 is 0. The van der Waals surface area contributed by atoms with Crippen LogP contribution in [-0.4, -0.2) is 18.4 Å². The van der Waals surface area contributed by atoms with E-state index in [-0.39, 0.29) is 11.8 Å². The number of para-hydroxylation sites is 1.